The Balaban J connectivity index is 1.57. The molecule has 0 bridgehead atoms. The average molecular weight is 384 g/mol. The third-order valence-corrected chi connectivity index (χ3v) is 5.14. The summed E-state index contributed by atoms with van der Waals surface area (Å²) >= 11 is 6.16. The maximum Gasteiger partial charge on any atom is 0.142 e. The van der Waals surface area contributed by atoms with Crippen molar-refractivity contribution in [2.75, 3.05) is 32.1 Å². The second-order valence-electron chi connectivity index (χ2n) is 6.74. The Morgan fingerprint density at radius 2 is 1.96 bits per heavy atom. The summed E-state index contributed by atoms with van der Waals surface area (Å²) in [4.78, 5) is 6.92. The van der Waals surface area contributed by atoms with Gasteiger partial charge >= 0.3 is 0 Å². The SMILES string of the molecule is COc1cc(CCN2CCCC2)ccc1Nc1nc(Cl)cc2cnncc12. The normalized spacial score (nSPS) is 14.6. The van der Waals surface area contributed by atoms with Gasteiger partial charge in [-0.3, -0.25) is 0 Å². The molecule has 2 aromatic heterocycles. The van der Waals surface area contributed by atoms with E-state index in [1.54, 1.807) is 25.6 Å². The van der Waals surface area contributed by atoms with Gasteiger partial charge in [0, 0.05) is 17.3 Å². The Morgan fingerprint density at radius 1 is 1.15 bits per heavy atom. The molecule has 27 heavy (non-hydrogen) atoms. The number of hydrogen-bond acceptors (Lipinski definition) is 6. The third kappa shape index (κ3) is 4.12. The minimum absolute atomic E-state index is 0.402. The summed E-state index contributed by atoms with van der Waals surface area (Å²) in [5.74, 6) is 1.42. The van der Waals surface area contributed by atoms with Crippen molar-refractivity contribution in [1.29, 1.82) is 0 Å². The van der Waals surface area contributed by atoms with Gasteiger partial charge in [0.05, 0.1) is 25.2 Å². The molecule has 0 radical (unpaired) electrons. The predicted octanol–water partition coefficient (Wildman–Crippen LogP) is 4.07. The third-order valence-electron chi connectivity index (χ3n) is 4.94. The molecule has 3 aromatic rings. The van der Waals surface area contributed by atoms with Gasteiger partial charge in [-0.2, -0.15) is 10.2 Å². The first-order chi connectivity index (χ1) is 13.2. The van der Waals surface area contributed by atoms with Crippen LogP contribution in [0.2, 0.25) is 5.15 Å². The highest BCUT2D eigenvalue weighted by Crippen LogP contribution is 2.32. The lowest BCUT2D eigenvalue weighted by Crippen LogP contribution is -2.21. The molecule has 0 saturated carbocycles. The molecule has 0 atom stereocenters. The van der Waals surface area contributed by atoms with Gasteiger partial charge in [0.15, 0.2) is 0 Å². The molecular weight excluding hydrogens is 362 g/mol. The van der Waals surface area contributed by atoms with Crippen molar-refractivity contribution in [3.63, 3.8) is 0 Å². The molecule has 0 aliphatic carbocycles. The summed E-state index contributed by atoms with van der Waals surface area (Å²) in [6, 6.07) is 8.02. The van der Waals surface area contributed by atoms with Crippen LogP contribution in [0.3, 0.4) is 0 Å². The largest absolute Gasteiger partial charge is 0.495 e. The first kappa shape index (κ1) is 17.9. The molecule has 1 fully saturated rings. The summed E-state index contributed by atoms with van der Waals surface area (Å²) in [6.07, 6.45) is 7.00. The van der Waals surface area contributed by atoms with Gasteiger partial charge in [-0.05, 0) is 56.1 Å². The van der Waals surface area contributed by atoms with Crippen LogP contribution in [0.25, 0.3) is 10.8 Å². The van der Waals surface area contributed by atoms with Gasteiger partial charge in [0.25, 0.3) is 0 Å². The van der Waals surface area contributed by atoms with E-state index < -0.39 is 0 Å². The van der Waals surface area contributed by atoms with Crippen molar-refractivity contribution < 1.29 is 4.74 Å². The lowest BCUT2D eigenvalue weighted by molar-refractivity contribution is 0.343. The van der Waals surface area contributed by atoms with Gasteiger partial charge in [-0.15, -0.1) is 0 Å². The highest BCUT2D eigenvalue weighted by atomic mass is 35.5. The van der Waals surface area contributed by atoms with Crippen LogP contribution in [0.4, 0.5) is 11.5 Å². The molecule has 0 spiro atoms. The molecule has 1 saturated heterocycles. The van der Waals surface area contributed by atoms with E-state index in [9.17, 15) is 0 Å². The first-order valence-electron chi connectivity index (χ1n) is 9.16. The van der Waals surface area contributed by atoms with E-state index in [0.29, 0.717) is 11.0 Å². The van der Waals surface area contributed by atoms with E-state index in [2.05, 4.69) is 37.5 Å². The summed E-state index contributed by atoms with van der Waals surface area (Å²) in [7, 11) is 1.68. The Morgan fingerprint density at radius 3 is 2.78 bits per heavy atom. The van der Waals surface area contributed by atoms with E-state index in [0.717, 1.165) is 35.2 Å². The number of likely N-dealkylation sites (tertiary alicyclic amines) is 1. The van der Waals surface area contributed by atoms with Gasteiger partial charge < -0.3 is 15.0 Å². The van der Waals surface area contributed by atoms with Gasteiger partial charge in [-0.25, -0.2) is 4.98 Å². The van der Waals surface area contributed by atoms with Crippen molar-refractivity contribution in [2.45, 2.75) is 19.3 Å². The number of rotatable bonds is 6. The number of hydrogen-bond donors (Lipinski definition) is 1. The quantitative estimate of drug-likeness (QED) is 0.647. The van der Waals surface area contributed by atoms with Gasteiger partial charge in [0.2, 0.25) is 0 Å². The van der Waals surface area contributed by atoms with E-state index >= 15 is 0 Å². The van der Waals surface area contributed by atoms with Gasteiger partial charge in [0.1, 0.15) is 16.7 Å². The van der Waals surface area contributed by atoms with Crippen LogP contribution >= 0.6 is 11.6 Å². The lowest BCUT2D eigenvalue weighted by atomic mass is 10.1. The Kier molecular flexibility index (Phi) is 5.36. The second kappa shape index (κ2) is 8.06. The molecular formula is C20H22ClN5O. The number of nitrogens with zero attached hydrogens (tertiary/aromatic N) is 4. The zero-order valence-electron chi connectivity index (χ0n) is 15.3. The number of halogens is 1. The van der Waals surface area contributed by atoms with E-state index in [1.807, 2.05) is 6.07 Å². The zero-order valence-corrected chi connectivity index (χ0v) is 16.0. The number of methoxy groups -OCH3 is 1. The fraction of sp³-hybridized carbons (Fsp3) is 0.350. The molecule has 6 nitrogen and oxygen atoms in total. The van der Waals surface area contributed by atoms with E-state index in [1.165, 1.54) is 31.5 Å². The summed E-state index contributed by atoms with van der Waals surface area (Å²) in [5.41, 5.74) is 2.11. The van der Waals surface area contributed by atoms with Crippen LogP contribution < -0.4 is 10.1 Å². The zero-order chi connectivity index (χ0) is 18.6. The molecule has 1 N–H and O–H groups in total. The minimum atomic E-state index is 0.402. The number of aromatic nitrogens is 3. The van der Waals surface area contributed by atoms with E-state index in [4.69, 9.17) is 16.3 Å². The monoisotopic (exact) mass is 383 g/mol. The highest BCUT2D eigenvalue weighted by molar-refractivity contribution is 6.30. The second-order valence-corrected chi connectivity index (χ2v) is 7.13. The number of fused-ring (bicyclic) bond motifs is 1. The Bertz CT molecular complexity index is 943. The van der Waals surface area contributed by atoms with Crippen LogP contribution in [-0.4, -0.2) is 46.8 Å². The first-order valence-corrected chi connectivity index (χ1v) is 9.54. The number of nitrogens with one attached hydrogen (secondary N) is 1. The number of anilines is 2. The standard InChI is InChI=1S/C20H22ClN5O/c1-27-18-10-14(6-9-26-7-2-3-8-26)4-5-17(18)24-20-16-13-23-22-12-15(16)11-19(21)25-20/h4-5,10-13H,2-3,6-9H2,1H3,(H,24,25). The number of ether oxygens (including phenoxy) is 1. The maximum absolute atomic E-state index is 6.16. The molecule has 0 amide bonds. The summed E-state index contributed by atoms with van der Waals surface area (Å²) in [6.45, 7) is 3.52. The fourth-order valence-electron chi connectivity index (χ4n) is 3.48. The van der Waals surface area contributed by atoms with Crippen molar-refractivity contribution in [2.24, 2.45) is 0 Å². The fourth-order valence-corrected chi connectivity index (χ4v) is 3.68. The predicted molar refractivity (Wildman–Crippen MR) is 108 cm³/mol. The van der Waals surface area contributed by atoms with Crippen LogP contribution in [0, 0.1) is 0 Å². The number of benzene rings is 1. The van der Waals surface area contributed by atoms with Gasteiger partial charge in [-0.1, -0.05) is 17.7 Å². The maximum atomic E-state index is 6.16. The van der Waals surface area contributed by atoms with Crippen LogP contribution in [0.1, 0.15) is 18.4 Å². The van der Waals surface area contributed by atoms with Crippen molar-refractivity contribution in [1.82, 2.24) is 20.1 Å². The Labute approximate surface area is 163 Å². The van der Waals surface area contributed by atoms with Crippen LogP contribution in [0.15, 0.2) is 36.7 Å². The number of pyridine rings is 1. The van der Waals surface area contributed by atoms with E-state index in [-0.39, 0.29) is 0 Å². The minimum Gasteiger partial charge on any atom is -0.495 e. The van der Waals surface area contributed by atoms with Crippen LogP contribution in [-0.2, 0) is 6.42 Å². The van der Waals surface area contributed by atoms with Crippen LogP contribution in [0.5, 0.6) is 5.75 Å². The molecule has 3 heterocycles. The Hall–Kier alpha value is -2.44. The van der Waals surface area contributed by atoms with Crippen molar-refractivity contribution in [3.05, 3.63) is 47.4 Å². The summed E-state index contributed by atoms with van der Waals surface area (Å²) in [5, 5.41) is 13.3. The topological polar surface area (TPSA) is 63.2 Å². The highest BCUT2D eigenvalue weighted by Gasteiger charge is 2.13. The average Bonchev–Trinajstić information content (AvgIpc) is 3.20. The van der Waals surface area contributed by atoms with Crippen molar-refractivity contribution >= 4 is 33.9 Å². The van der Waals surface area contributed by atoms with Crippen molar-refractivity contribution in [3.8, 4) is 5.75 Å². The molecule has 140 valence electrons. The smallest absolute Gasteiger partial charge is 0.142 e. The molecule has 4 rings (SSSR count). The molecule has 0 unspecified atom stereocenters. The molecule has 1 aromatic carbocycles. The lowest BCUT2D eigenvalue weighted by Gasteiger charge is -2.16. The molecule has 1 aliphatic rings. The molecule has 1 aliphatic heterocycles. The summed E-state index contributed by atoms with van der Waals surface area (Å²) < 4.78 is 5.61. The molecule has 7 heteroatoms.